The van der Waals surface area contributed by atoms with Crippen LogP contribution in [0, 0.1) is 0 Å². The van der Waals surface area contributed by atoms with Gasteiger partial charge >= 0.3 is 6.09 Å². The Hall–Kier alpha value is -1.55. The van der Waals surface area contributed by atoms with E-state index in [4.69, 9.17) is 85.9 Å². The predicted octanol–water partition coefficient (Wildman–Crippen LogP) is 9.17. The van der Waals surface area contributed by atoms with Gasteiger partial charge in [-0.25, -0.2) is 39.1 Å². The van der Waals surface area contributed by atoms with Crippen LogP contribution in [0.25, 0.3) is 21.4 Å². The van der Waals surface area contributed by atoms with Crippen LogP contribution in [0.2, 0.25) is 35.8 Å². The minimum Gasteiger partial charge on any atom is -0.444 e. The zero-order valence-corrected chi connectivity index (χ0v) is 29.7. The van der Waals surface area contributed by atoms with Crippen LogP contribution < -0.4 is 4.90 Å². The van der Waals surface area contributed by atoms with Gasteiger partial charge in [0.2, 0.25) is 0 Å². The summed E-state index contributed by atoms with van der Waals surface area (Å²) in [5.74, 6) is 0.854. The second kappa shape index (κ2) is 14.9. The van der Waals surface area contributed by atoms with Crippen LogP contribution in [0.1, 0.15) is 20.8 Å². The molecule has 1 saturated heterocycles. The number of aromatic nitrogens is 6. The van der Waals surface area contributed by atoms with E-state index in [2.05, 4.69) is 29.9 Å². The Labute approximate surface area is 294 Å². The molecule has 1 unspecified atom stereocenters. The molecule has 0 bridgehead atoms. The lowest BCUT2D eigenvalue weighted by atomic mass is 10.2. The van der Waals surface area contributed by atoms with Crippen molar-refractivity contribution in [3.63, 3.8) is 0 Å². The van der Waals surface area contributed by atoms with E-state index in [1.54, 1.807) is 36.7 Å². The summed E-state index contributed by atoms with van der Waals surface area (Å²) in [7, 11) is 0. The van der Waals surface area contributed by atoms with Crippen LogP contribution >= 0.6 is 104 Å². The maximum Gasteiger partial charge on any atom is 0.410 e. The summed E-state index contributed by atoms with van der Waals surface area (Å²) < 4.78 is 20.0. The first-order valence-electron chi connectivity index (χ1n) is 12.3. The number of nitrogens with zero attached hydrogens (tertiary/aromatic N) is 8. The molecule has 5 heterocycles. The van der Waals surface area contributed by atoms with E-state index in [0.717, 1.165) is 0 Å². The predicted molar refractivity (Wildman–Crippen MR) is 176 cm³/mol. The van der Waals surface area contributed by atoms with Gasteiger partial charge in [0.15, 0.2) is 43.2 Å². The maximum absolute atomic E-state index is 14.7. The monoisotopic (exact) mass is 780 g/mol. The SMILES string of the molecule is CC(C)(C)OC(=O)N1CCN(c2nc(-c3scnc3Cl)nc(Cl)c2Cl)CC(F)C1.Clc1ncsc1-c1nc(Cl)c(Cl)c(Cl)n1. The minimum absolute atomic E-state index is 0.0117. The molecular weight excluding hydrogens is 764 g/mol. The summed E-state index contributed by atoms with van der Waals surface area (Å²) in [6, 6.07) is 0. The van der Waals surface area contributed by atoms with Crippen molar-refractivity contribution in [2.45, 2.75) is 32.5 Å². The highest BCUT2D eigenvalue weighted by Crippen LogP contribution is 2.37. The molecular formula is C24H20Cl7FN8O2S2. The average molecular weight is 784 g/mol. The minimum atomic E-state index is -1.33. The number of halogens is 8. The van der Waals surface area contributed by atoms with Crippen molar-refractivity contribution in [1.82, 2.24) is 34.8 Å². The van der Waals surface area contributed by atoms with Crippen molar-refractivity contribution in [3.05, 3.63) is 46.8 Å². The molecule has 236 valence electrons. The van der Waals surface area contributed by atoms with E-state index in [0.29, 0.717) is 27.3 Å². The van der Waals surface area contributed by atoms with Gasteiger partial charge in [-0.05, 0) is 20.8 Å². The normalized spacial score (nSPS) is 15.5. The molecule has 5 rings (SSSR count). The van der Waals surface area contributed by atoms with E-state index in [1.165, 1.54) is 27.6 Å². The van der Waals surface area contributed by atoms with Crippen LogP contribution in [0.15, 0.2) is 11.0 Å². The molecule has 1 atom stereocenters. The van der Waals surface area contributed by atoms with Crippen LogP contribution in [-0.4, -0.2) is 78.8 Å². The van der Waals surface area contributed by atoms with Crippen LogP contribution in [0.3, 0.4) is 0 Å². The second-order valence-corrected chi connectivity index (χ2v) is 14.1. The Bertz CT molecular complexity index is 1630. The number of anilines is 1. The van der Waals surface area contributed by atoms with E-state index < -0.39 is 17.9 Å². The van der Waals surface area contributed by atoms with Crippen LogP contribution in [0.5, 0.6) is 0 Å². The van der Waals surface area contributed by atoms with Gasteiger partial charge in [-0.3, -0.25) is 0 Å². The molecule has 0 spiro atoms. The van der Waals surface area contributed by atoms with Crippen molar-refractivity contribution >= 4 is 116 Å². The molecule has 1 aliphatic heterocycles. The Morgan fingerprint density at radius 1 is 0.795 bits per heavy atom. The first kappa shape index (κ1) is 35.3. The Kier molecular flexibility index (Phi) is 12.0. The molecule has 10 nitrogen and oxygen atoms in total. The molecule has 1 aliphatic rings. The van der Waals surface area contributed by atoms with Gasteiger partial charge in [0.25, 0.3) is 0 Å². The third-order valence-electron chi connectivity index (χ3n) is 5.45. The molecule has 1 fully saturated rings. The topological polar surface area (TPSA) is 110 Å². The van der Waals surface area contributed by atoms with Gasteiger partial charge in [0.1, 0.15) is 31.6 Å². The van der Waals surface area contributed by atoms with Crippen molar-refractivity contribution < 1.29 is 13.9 Å². The highest BCUT2D eigenvalue weighted by molar-refractivity contribution is 7.14. The molecule has 0 aromatic carbocycles. The lowest BCUT2D eigenvalue weighted by Gasteiger charge is -2.26. The van der Waals surface area contributed by atoms with Crippen molar-refractivity contribution in [3.8, 4) is 21.4 Å². The zero-order valence-electron chi connectivity index (χ0n) is 22.8. The van der Waals surface area contributed by atoms with E-state index in [-0.39, 0.29) is 61.9 Å². The average Bonchev–Trinajstić information content (AvgIpc) is 3.51. The van der Waals surface area contributed by atoms with Crippen molar-refractivity contribution in [2.24, 2.45) is 0 Å². The van der Waals surface area contributed by atoms with Gasteiger partial charge in [-0.15, -0.1) is 22.7 Å². The number of amides is 1. The fourth-order valence-electron chi connectivity index (χ4n) is 3.62. The molecule has 0 radical (unpaired) electrons. The summed E-state index contributed by atoms with van der Waals surface area (Å²) in [5, 5.41) is 1.01. The number of alkyl halides is 1. The molecule has 4 aromatic rings. The number of ether oxygens (including phenoxy) is 1. The first-order valence-corrected chi connectivity index (χ1v) is 16.7. The summed E-state index contributed by atoms with van der Waals surface area (Å²) >= 11 is 44.2. The second-order valence-electron chi connectivity index (χ2n) is 9.83. The molecule has 44 heavy (non-hydrogen) atoms. The van der Waals surface area contributed by atoms with Crippen molar-refractivity contribution in [2.75, 3.05) is 31.1 Å². The van der Waals surface area contributed by atoms with Gasteiger partial charge in [-0.1, -0.05) is 81.2 Å². The number of thiazole rings is 2. The van der Waals surface area contributed by atoms with E-state index in [9.17, 15) is 9.18 Å². The molecule has 0 aliphatic carbocycles. The standard InChI is InChI=1S/C17H19Cl3FN5O2S.C7HCl4N3S/c1-17(2,3)28-16(27)26-5-4-25(6-9(21)7-26)15-10(18)12(19)23-14(24-15)11-13(20)22-8-29-11;8-2-4(9)13-7(14-5(2)10)3-6(11)12-1-15-3/h8-9H,4-7H2,1-3H3;1H. The molecule has 0 saturated carbocycles. The summed E-state index contributed by atoms with van der Waals surface area (Å²) in [5.41, 5.74) is 2.48. The number of hydrogen-bond donors (Lipinski definition) is 0. The molecule has 4 aromatic heterocycles. The van der Waals surface area contributed by atoms with Gasteiger partial charge in [0.05, 0.1) is 24.1 Å². The van der Waals surface area contributed by atoms with E-state index >= 15 is 0 Å². The van der Waals surface area contributed by atoms with Gasteiger partial charge in [-0.2, -0.15) is 0 Å². The third-order valence-corrected chi connectivity index (χ3v) is 9.70. The van der Waals surface area contributed by atoms with Gasteiger partial charge in [0, 0.05) is 13.1 Å². The number of carbonyl (C=O) groups is 1. The zero-order chi connectivity index (χ0) is 32.3. The lowest BCUT2D eigenvalue weighted by molar-refractivity contribution is 0.0229. The van der Waals surface area contributed by atoms with E-state index in [1.807, 2.05) is 0 Å². The maximum atomic E-state index is 14.7. The number of rotatable bonds is 3. The molecule has 0 N–H and O–H groups in total. The Balaban J connectivity index is 0.000000246. The Morgan fingerprint density at radius 3 is 1.77 bits per heavy atom. The number of carbonyl (C=O) groups excluding carboxylic acids is 1. The number of hydrogen-bond acceptors (Lipinski definition) is 11. The molecule has 1 amide bonds. The smallest absolute Gasteiger partial charge is 0.410 e. The lowest BCUT2D eigenvalue weighted by Crippen LogP contribution is -2.40. The van der Waals surface area contributed by atoms with Crippen molar-refractivity contribution in [1.29, 1.82) is 0 Å². The summed E-state index contributed by atoms with van der Waals surface area (Å²) in [6.45, 7) is 5.72. The summed E-state index contributed by atoms with van der Waals surface area (Å²) in [6.07, 6.45) is -1.89. The summed E-state index contributed by atoms with van der Waals surface area (Å²) in [4.78, 5) is 40.8. The highest BCUT2D eigenvalue weighted by atomic mass is 35.5. The fraction of sp³-hybridized carbons (Fsp3) is 0.375. The third kappa shape index (κ3) is 8.83. The first-order chi connectivity index (χ1) is 20.6. The highest BCUT2D eigenvalue weighted by Gasteiger charge is 2.31. The van der Waals surface area contributed by atoms with Gasteiger partial charge < -0.3 is 14.5 Å². The Morgan fingerprint density at radius 2 is 1.30 bits per heavy atom. The van der Waals surface area contributed by atoms with Crippen LogP contribution in [-0.2, 0) is 4.74 Å². The molecule has 20 heteroatoms. The largest absolute Gasteiger partial charge is 0.444 e. The quantitative estimate of drug-likeness (QED) is 0.188. The fourth-order valence-corrected chi connectivity index (χ4v) is 6.33. The van der Waals surface area contributed by atoms with Crippen LogP contribution in [0.4, 0.5) is 15.0 Å².